The van der Waals surface area contributed by atoms with Gasteiger partial charge in [-0.3, -0.25) is 0 Å². The standard InChI is InChI=1S/C28H48/c1-3-5-6-8-24-15-19-27(20-16-24)28-21-17-26(18-22-28)14-13-25-11-9-23(7-4-2)10-12-25/h9,11,13-14,23-28H,3-8,10,12,15-22H2,1-2H3/b14-13+. The molecule has 3 aliphatic carbocycles. The summed E-state index contributed by atoms with van der Waals surface area (Å²) < 4.78 is 0. The molecule has 0 N–H and O–H groups in total. The minimum Gasteiger partial charge on any atom is -0.0848 e. The first-order valence-corrected chi connectivity index (χ1v) is 13.1. The molecule has 0 bridgehead atoms. The van der Waals surface area contributed by atoms with E-state index in [1.165, 1.54) is 77.0 Å². The molecule has 0 spiro atoms. The number of unbranched alkanes of at least 4 members (excludes halogenated alkanes) is 2. The van der Waals surface area contributed by atoms with Gasteiger partial charge in [0.1, 0.15) is 0 Å². The second kappa shape index (κ2) is 12.2. The highest BCUT2D eigenvalue weighted by molar-refractivity contribution is 5.07. The molecule has 0 heteroatoms. The summed E-state index contributed by atoms with van der Waals surface area (Å²) in [6.45, 7) is 4.65. The zero-order valence-electron chi connectivity index (χ0n) is 19.1. The Hall–Kier alpha value is -0.520. The summed E-state index contributed by atoms with van der Waals surface area (Å²) in [6.07, 6.45) is 33.7. The van der Waals surface area contributed by atoms with Crippen LogP contribution in [0.15, 0.2) is 24.3 Å². The molecule has 0 amide bonds. The average Bonchev–Trinajstić information content (AvgIpc) is 2.75. The Labute approximate surface area is 176 Å². The van der Waals surface area contributed by atoms with Gasteiger partial charge >= 0.3 is 0 Å². The van der Waals surface area contributed by atoms with Crippen molar-refractivity contribution < 1.29 is 0 Å². The third-order valence-electron chi connectivity index (χ3n) is 8.38. The lowest BCUT2D eigenvalue weighted by Gasteiger charge is -2.37. The van der Waals surface area contributed by atoms with Crippen molar-refractivity contribution in [2.75, 3.05) is 0 Å². The van der Waals surface area contributed by atoms with Crippen molar-refractivity contribution in [2.24, 2.45) is 35.5 Å². The van der Waals surface area contributed by atoms with Crippen LogP contribution in [0, 0.1) is 35.5 Å². The van der Waals surface area contributed by atoms with Gasteiger partial charge in [0, 0.05) is 0 Å². The minimum atomic E-state index is 0.730. The molecule has 3 rings (SSSR count). The number of hydrogen-bond donors (Lipinski definition) is 0. The van der Waals surface area contributed by atoms with Gasteiger partial charge in [0.2, 0.25) is 0 Å². The van der Waals surface area contributed by atoms with Crippen LogP contribution in [0.1, 0.15) is 117 Å². The van der Waals surface area contributed by atoms with Crippen LogP contribution in [0.2, 0.25) is 0 Å². The largest absolute Gasteiger partial charge is 0.0848 e. The van der Waals surface area contributed by atoms with Gasteiger partial charge in [-0.15, -0.1) is 0 Å². The number of rotatable bonds is 9. The van der Waals surface area contributed by atoms with E-state index in [9.17, 15) is 0 Å². The molecule has 0 saturated heterocycles. The Morgan fingerprint density at radius 2 is 1.36 bits per heavy atom. The van der Waals surface area contributed by atoms with E-state index < -0.39 is 0 Å². The predicted molar refractivity (Wildman–Crippen MR) is 124 cm³/mol. The minimum absolute atomic E-state index is 0.730. The van der Waals surface area contributed by atoms with Crippen LogP contribution in [0.5, 0.6) is 0 Å². The van der Waals surface area contributed by atoms with Gasteiger partial charge in [-0.05, 0) is 93.3 Å². The molecule has 2 saturated carbocycles. The first-order valence-electron chi connectivity index (χ1n) is 13.1. The fourth-order valence-corrected chi connectivity index (χ4v) is 6.41. The Bertz CT molecular complexity index is 456. The molecular weight excluding hydrogens is 336 g/mol. The summed E-state index contributed by atoms with van der Waals surface area (Å²) >= 11 is 0. The van der Waals surface area contributed by atoms with Crippen molar-refractivity contribution in [3.05, 3.63) is 24.3 Å². The van der Waals surface area contributed by atoms with Gasteiger partial charge in [-0.2, -0.15) is 0 Å². The zero-order chi connectivity index (χ0) is 19.6. The number of allylic oxidation sites excluding steroid dienone is 4. The predicted octanol–water partition coefficient (Wildman–Crippen LogP) is 9.12. The van der Waals surface area contributed by atoms with Gasteiger partial charge < -0.3 is 0 Å². The van der Waals surface area contributed by atoms with Crippen molar-refractivity contribution >= 4 is 0 Å². The summed E-state index contributed by atoms with van der Waals surface area (Å²) in [4.78, 5) is 0. The van der Waals surface area contributed by atoms with E-state index in [-0.39, 0.29) is 0 Å². The maximum absolute atomic E-state index is 2.61. The summed E-state index contributed by atoms with van der Waals surface area (Å²) in [6, 6.07) is 0. The van der Waals surface area contributed by atoms with Crippen molar-refractivity contribution in [3.63, 3.8) is 0 Å². The van der Waals surface area contributed by atoms with Crippen LogP contribution >= 0.6 is 0 Å². The smallest absolute Gasteiger partial charge is 0.00531 e. The van der Waals surface area contributed by atoms with Crippen molar-refractivity contribution in [1.82, 2.24) is 0 Å². The maximum Gasteiger partial charge on any atom is -0.00531 e. The molecule has 3 aliphatic rings. The van der Waals surface area contributed by atoms with Crippen LogP contribution in [-0.2, 0) is 0 Å². The maximum atomic E-state index is 2.61. The van der Waals surface area contributed by atoms with Gasteiger partial charge in [0.25, 0.3) is 0 Å². The third kappa shape index (κ3) is 7.07. The lowest BCUT2D eigenvalue weighted by Crippen LogP contribution is -2.25. The molecule has 160 valence electrons. The lowest BCUT2D eigenvalue weighted by molar-refractivity contribution is 0.151. The van der Waals surface area contributed by atoms with Gasteiger partial charge in [-0.1, -0.05) is 83.1 Å². The summed E-state index contributed by atoms with van der Waals surface area (Å²) in [7, 11) is 0. The molecule has 0 aromatic rings. The molecule has 0 nitrogen and oxygen atoms in total. The fourth-order valence-electron chi connectivity index (χ4n) is 6.41. The highest BCUT2D eigenvalue weighted by Crippen LogP contribution is 2.42. The fraction of sp³-hybridized carbons (Fsp3) is 0.857. The molecule has 2 atom stereocenters. The normalized spacial score (nSPS) is 36.8. The van der Waals surface area contributed by atoms with E-state index in [1.54, 1.807) is 25.7 Å². The van der Waals surface area contributed by atoms with Gasteiger partial charge in [0.15, 0.2) is 0 Å². The lowest BCUT2D eigenvalue weighted by atomic mass is 9.68. The Balaban J connectivity index is 1.32. The van der Waals surface area contributed by atoms with E-state index in [2.05, 4.69) is 38.2 Å². The van der Waals surface area contributed by atoms with E-state index in [0.29, 0.717) is 0 Å². The van der Waals surface area contributed by atoms with E-state index in [0.717, 1.165) is 35.5 Å². The molecule has 2 unspecified atom stereocenters. The molecule has 0 aromatic heterocycles. The van der Waals surface area contributed by atoms with Crippen molar-refractivity contribution in [1.29, 1.82) is 0 Å². The van der Waals surface area contributed by atoms with Crippen LogP contribution in [0.25, 0.3) is 0 Å². The Morgan fingerprint density at radius 3 is 1.96 bits per heavy atom. The molecular formula is C28H48. The highest BCUT2D eigenvalue weighted by atomic mass is 14.4. The third-order valence-corrected chi connectivity index (χ3v) is 8.38. The van der Waals surface area contributed by atoms with E-state index in [4.69, 9.17) is 0 Å². The second-order valence-electron chi connectivity index (χ2n) is 10.5. The Morgan fingerprint density at radius 1 is 0.643 bits per heavy atom. The summed E-state index contributed by atoms with van der Waals surface area (Å²) in [5.74, 6) is 5.68. The highest BCUT2D eigenvalue weighted by Gasteiger charge is 2.30. The summed E-state index contributed by atoms with van der Waals surface area (Å²) in [5.41, 5.74) is 0. The van der Waals surface area contributed by atoms with Gasteiger partial charge in [-0.25, -0.2) is 0 Å². The van der Waals surface area contributed by atoms with Crippen LogP contribution in [0.3, 0.4) is 0 Å². The molecule has 0 heterocycles. The molecule has 0 aliphatic heterocycles. The molecule has 0 aromatic carbocycles. The monoisotopic (exact) mass is 384 g/mol. The van der Waals surface area contributed by atoms with Crippen molar-refractivity contribution in [2.45, 2.75) is 117 Å². The molecule has 0 radical (unpaired) electrons. The van der Waals surface area contributed by atoms with Crippen LogP contribution in [0.4, 0.5) is 0 Å². The van der Waals surface area contributed by atoms with E-state index >= 15 is 0 Å². The molecule has 28 heavy (non-hydrogen) atoms. The first kappa shape index (κ1) is 22.2. The first-order chi connectivity index (χ1) is 13.8. The number of hydrogen-bond acceptors (Lipinski definition) is 0. The van der Waals surface area contributed by atoms with Gasteiger partial charge in [0.05, 0.1) is 0 Å². The zero-order valence-corrected chi connectivity index (χ0v) is 19.1. The quantitative estimate of drug-likeness (QED) is 0.274. The topological polar surface area (TPSA) is 0 Å². The van der Waals surface area contributed by atoms with Crippen LogP contribution in [-0.4, -0.2) is 0 Å². The summed E-state index contributed by atoms with van der Waals surface area (Å²) in [5, 5.41) is 0. The Kier molecular flexibility index (Phi) is 9.69. The SMILES string of the molecule is CCCCCC1CCC(C2CCC(/C=C/C3C=CC(CCC)CC3)CC2)CC1. The van der Waals surface area contributed by atoms with E-state index in [1.807, 2.05) is 0 Å². The van der Waals surface area contributed by atoms with Crippen molar-refractivity contribution in [3.8, 4) is 0 Å². The second-order valence-corrected chi connectivity index (χ2v) is 10.5. The van der Waals surface area contributed by atoms with Crippen LogP contribution < -0.4 is 0 Å². The molecule has 2 fully saturated rings. The average molecular weight is 385 g/mol.